The minimum Gasteiger partial charge on any atom is -0.392 e. The lowest BCUT2D eigenvalue weighted by molar-refractivity contribution is -0.117. The Morgan fingerprint density at radius 1 is 1.38 bits per heavy atom. The first kappa shape index (κ1) is 22.0. The summed E-state index contributed by atoms with van der Waals surface area (Å²) < 4.78 is 13.4. The molecular formula is C23H27FN6O2. The Bertz CT molecular complexity index is 1070. The maximum absolute atomic E-state index is 13.4. The zero-order chi connectivity index (χ0) is 22.9. The minimum atomic E-state index is -0.423. The number of carbonyl (C=O) groups is 1. The largest absolute Gasteiger partial charge is 0.392 e. The van der Waals surface area contributed by atoms with E-state index in [9.17, 15) is 19.6 Å². The van der Waals surface area contributed by atoms with Crippen LogP contribution in [0.4, 0.5) is 21.8 Å². The van der Waals surface area contributed by atoms with Crippen LogP contribution >= 0.6 is 0 Å². The molecule has 168 valence electrons. The maximum Gasteiger partial charge on any atom is 0.232 e. The summed E-state index contributed by atoms with van der Waals surface area (Å²) in [5, 5.41) is 29.0. The molecule has 1 saturated carbocycles. The van der Waals surface area contributed by atoms with E-state index in [-0.39, 0.29) is 29.1 Å². The van der Waals surface area contributed by atoms with Gasteiger partial charge in [0.1, 0.15) is 23.3 Å². The number of hydrogen-bond acceptors (Lipinski definition) is 7. The van der Waals surface area contributed by atoms with Gasteiger partial charge in [0.15, 0.2) is 0 Å². The smallest absolute Gasteiger partial charge is 0.232 e. The second-order valence-electron chi connectivity index (χ2n) is 9.02. The Morgan fingerprint density at radius 2 is 2.19 bits per heavy atom. The van der Waals surface area contributed by atoms with Crippen LogP contribution in [-0.4, -0.2) is 39.7 Å². The summed E-state index contributed by atoms with van der Waals surface area (Å²) >= 11 is 0. The van der Waals surface area contributed by atoms with Crippen molar-refractivity contribution in [2.24, 2.45) is 5.41 Å². The highest BCUT2D eigenvalue weighted by Crippen LogP contribution is 2.38. The van der Waals surface area contributed by atoms with Gasteiger partial charge in [0.25, 0.3) is 0 Å². The Kier molecular flexibility index (Phi) is 5.98. The van der Waals surface area contributed by atoms with E-state index < -0.39 is 6.10 Å². The molecule has 1 unspecified atom stereocenters. The van der Waals surface area contributed by atoms with Crippen LogP contribution in [-0.2, 0) is 4.79 Å². The van der Waals surface area contributed by atoms with E-state index >= 15 is 0 Å². The van der Waals surface area contributed by atoms with Crippen molar-refractivity contribution in [3.8, 4) is 6.07 Å². The van der Waals surface area contributed by atoms with Crippen LogP contribution in [0.1, 0.15) is 56.6 Å². The number of nitriles is 1. The fraction of sp³-hybridized carbons (Fsp3) is 0.478. The molecule has 3 atom stereocenters. The van der Waals surface area contributed by atoms with Crippen molar-refractivity contribution < 1.29 is 14.3 Å². The van der Waals surface area contributed by atoms with Gasteiger partial charge in [-0.3, -0.25) is 4.79 Å². The fourth-order valence-electron chi connectivity index (χ4n) is 4.49. The second-order valence-corrected chi connectivity index (χ2v) is 9.02. The molecule has 1 aliphatic heterocycles. The number of carbonyl (C=O) groups excluding carboxylic acids is 1. The molecule has 32 heavy (non-hydrogen) atoms. The molecule has 0 bridgehead atoms. The van der Waals surface area contributed by atoms with Gasteiger partial charge in [0.05, 0.1) is 18.2 Å². The van der Waals surface area contributed by atoms with E-state index in [4.69, 9.17) is 0 Å². The number of amides is 1. The first-order valence-electron chi connectivity index (χ1n) is 10.9. The Morgan fingerprint density at radius 3 is 2.97 bits per heavy atom. The highest BCUT2D eigenvalue weighted by molar-refractivity contribution is 6.02. The van der Waals surface area contributed by atoms with Gasteiger partial charge in [0.2, 0.25) is 11.9 Å². The average Bonchev–Trinajstić information content (AvgIpc) is 3.06. The second kappa shape index (κ2) is 8.71. The van der Waals surface area contributed by atoms with E-state index in [1.54, 1.807) is 6.07 Å². The summed E-state index contributed by atoms with van der Waals surface area (Å²) in [6, 6.07) is 6.39. The topological polar surface area (TPSA) is 123 Å². The van der Waals surface area contributed by atoms with Crippen LogP contribution in [0.2, 0.25) is 0 Å². The SMILES string of the molecule is CC1(C)[C@H](O)CCC[C@H]1Nc1nc(NCCC2C(=O)Nc3cc(F)ccc32)ncc1C#N. The molecule has 0 radical (unpaired) electrons. The van der Waals surface area contributed by atoms with Crippen LogP contribution in [0.5, 0.6) is 0 Å². The van der Waals surface area contributed by atoms with E-state index in [2.05, 4.69) is 32.0 Å². The summed E-state index contributed by atoms with van der Waals surface area (Å²) in [6.45, 7) is 4.45. The van der Waals surface area contributed by atoms with Crippen molar-refractivity contribution in [2.45, 2.75) is 57.6 Å². The van der Waals surface area contributed by atoms with E-state index in [0.29, 0.717) is 36.0 Å². The summed E-state index contributed by atoms with van der Waals surface area (Å²) in [7, 11) is 0. The number of halogens is 1. The molecule has 2 heterocycles. The third kappa shape index (κ3) is 4.23. The van der Waals surface area contributed by atoms with Gasteiger partial charge in [-0.15, -0.1) is 0 Å². The molecular weight excluding hydrogens is 411 g/mol. The van der Waals surface area contributed by atoms with Gasteiger partial charge >= 0.3 is 0 Å². The van der Waals surface area contributed by atoms with Crippen molar-refractivity contribution >= 4 is 23.4 Å². The van der Waals surface area contributed by atoms with Gasteiger partial charge in [-0.05, 0) is 43.4 Å². The first-order chi connectivity index (χ1) is 15.3. The predicted molar refractivity (Wildman–Crippen MR) is 119 cm³/mol. The van der Waals surface area contributed by atoms with Gasteiger partial charge in [-0.25, -0.2) is 9.37 Å². The molecule has 0 saturated heterocycles. The number of aromatic nitrogens is 2. The fourth-order valence-corrected chi connectivity index (χ4v) is 4.49. The average molecular weight is 439 g/mol. The summed E-state index contributed by atoms with van der Waals surface area (Å²) in [5.41, 5.74) is 1.27. The molecule has 2 aliphatic rings. The third-order valence-corrected chi connectivity index (χ3v) is 6.63. The number of nitrogens with zero attached hydrogens (tertiary/aromatic N) is 3. The van der Waals surface area contributed by atoms with Gasteiger partial charge < -0.3 is 21.1 Å². The quantitative estimate of drug-likeness (QED) is 0.545. The predicted octanol–water partition coefficient (Wildman–Crippen LogP) is 3.38. The van der Waals surface area contributed by atoms with Crippen molar-refractivity contribution in [2.75, 3.05) is 22.5 Å². The highest BCUT2D eigenvalue weighted by atomic mass is 19.1. The highest BCUT2D eigenvalue weighted by Gasteiger charge is 2.40. The molecule has 1 aliphatic carbocycles. The third-order valence-electron chi connectivity index (χ3n) is 6.63. The van der Waals surface area contributed by atoms with Gasteiger partial charge in [-0.1, -0.05) is 19.9 Å². The molecule has 0 spiro atoms. The van der Waals surface area contributed by atoms with Crippen LogP contribution < -0.4 is 16.0 Å². The minimum absolute atomic E-state index is 0.0276. The number of benzene rings is 1. The molecule has 4 N–H and O–H groups in total. The van der Waals surface area contributed by atoms with Crippen LogP contribution in [0.15, 0.2) is 24.4 Å². The lowest BCUT2D eigenvalue weighted by Crippen LogP contribution is -2.48. The molecule has 1 aromatic heterocycles. The molecule has 1 fully saturated rings. The molecule has 9 heteroatoms. The summed E-state index contributed by atoms with van der Waals surface area (Å²) in [6.07, 6.45) is 4.06. The van der Waals surface area contributed by atoms with Crippen LogP contribution in [0.25, 0.3) is 0 Å². The Balaban J connectivity index is 1.43. The van der Waals surface area contributed by atoms with Crippen molar-refractivity contribution in [3.05, 3.63) is 41.3 Å². The molecule has 1 amide bonds. The Hall–Kier alpha value is -3.25. The maximum atomic E-state index is 13.4. The molecule has 1 aromatic carbocycles. The summed E-state index contributed by atoms with van der Waals surface area (Å²) in [5.74, 6) is -0.148. The number of aliphatic hydroxyl groups is 1. The first-order valence-corrected chi connectivity index (χ1v) is 10.9. The van der Waals surface area contributed by atoms with Gasteiger partial charge in [-0.2, -0.15) is 10.2 Å². The Labute approximate surface area is 186 Å². The standard InChI is InChI=1S/C23H27FN6O2/c1-23(2)18(4-3-5-19(23)31)29-20-13(11-25)12-27-22(30-20)26-9-8-16-15-7-6-14(24)10-17(15)28-21(16)32/h6-7,10,12,16,18-19,31H,3-5,8-9H2,1-2H3,(H,28,32)(H2,26,27,29,30)/t16?,18-,19-/m1/s1. The lowest BCUT2D eigenvalue weighted by Gasteiger charge is -2.43. The van der Waals surface area contributed by atoms with Crippen LogP contribution in [0, 0.1) is 22.6 Å². The lowest BCUT2D eigenvalue weighted by atomic mass is 9.71. The monoisotopic (exact) mass is 438 g/mol. The van der Waals surface area contributed by atoms with Crippen molar-refractivity contribution in [1.82, 2.24) is 9.97 Å². The normalized spacial score (nSPS) is 23.7. The number of aliphatic hydroxyl groups excluding tert-OH is 1. The number of anilines is 3. The molecule has 8 nitrogen and oxygen atoms in total. The zero-order valence-corrected chi connectivity index (χ0v) is 18.2. The van der Waals surface area contributed by atoms with Crippen molar-refractivity contribution in [1.29, 1.82) is 5.26 Å². The van der Waals surface area contributed by atoms with Gasteiger partial charge in [0, 0.05) is 23.7 Å². The van der Waals surface area contributed by atoms with E-state index in [1.165, 1.54) is 18.3 Å². The zero-order valence-electron chi connectivity index (χ0n) is 18.2. The number of nitrogens with one attached hydrogen (secondary N) is 3. The van der Waals surface area contributed by atoms with E-state index in [1.807, 2.05) is 13.8 Å². The number of fused-ring (bicyclic) bond motifs is 1. The van der Waals surface area contributed by atoms with E-state index in [0.717, 1.165) is 24.8 Å². The summed E-state index contributed by atoms with van der Waals surface area (Å²) in [4.78, 5) is 21.0. The molecule has 4 rings (SSSR count). The van der Waals surface area contributed by atoms with Crippen LogP contribution in [0.3, 0.4) is 0 Å². The number of rotatable bonds is 6. The van der Waals surface area contributed by atoms with Crippen molar-refractivity contribution in [3.63, 3.8) is 0 Å². The number of hydrogen-bond donors (Lipinski definition) is 4. The molecule has 2 aromatic rings.